The molecule has 17 heavy (non-hydrogen) atoms. The smallest absolute Gasteiger partial charge is 0.272 e. The molecule has 0 unspecified atom stereocenters. The number of alkyl halides is 1. The van der Waals surface area contributed by atoms with Gasteiger partial charge in [0, 0.05) is 25.2 Å². The van der Waals surface area contributed by atoms with Gasteiger partial charge < -0.3 is 4.90 Å². The van der Waals surface area contributed by atoms with Crippen LogP contribution >= 0.6 is 11.6 Å². The molecule has 1 amide bonds. The summed E-state index contributed by atoms with van der Waals surface area (Å²) in [5.41, 5.74) is 1.48. The summed E-state index contributed by atoms with van der Waals surface area (Å²) < 4.78 is 0. The second-order valence-corrected chi connectivity index (χ2v) is 5.41. The molecule has 4 heteroatoms. The zero-order chi connectivity index (χ0) is 12.4. The number of rotatable bonds is 3. The molecule has 0 bridgehead atoms. The summed E-state index contributed by atoms with van der Waals surface area (Å²) in [6.07, 6.45) is 3.69. The standard InChI is InChI=1S/C13H17ClN2O/c1-9-4-3-5-15-12(9)13(17)16(2)8-10-6-11(14)7-10/h3-5,10-11H,6-8H2,1-2H3. The van der Waals surface area contributed by atoms with Crippen molar-refractivity contribution in [3.8, 4) is 0 Å². The third-order valence-corrected chi connectivity index (χ3v) is 3.63. The van der Waals surface area contributed by atoms with Gasteiger partial charge in [-0.15, -0.1) is 11.6 Å². The van der Waals surface area contributed by atoms with E-state index in [9.17, 15) is 4.79 Å². The highest BCUT2D eigenvalue weighted by Gasteiger charge is 2.29. The summed E-state index contributed by atoms with van der Waals surface area (Å²) in [5, 5.41) is 0.306. The van der Waals surface area contributed by atoms with Gasteiger partial charge in [-0.05, 0) is 37.3 Å². The molecule has 0 radical (unpaired) electrons. The Morgan fingerprint density at radius 2 is 2.29 bits per heavy atom. The lowest BCUT2D eigenvalue weighted by molar-refractivity contribution is 0.0740. The predicted molar refractivity (Wildman–Crippen MR) is 68.3 cm³/mol. The van der Waals surface area contributed by atoms with Crippen molar-refractivity contribution < 1.29 is 4.79 Å². The molecule has 1 aromatic heterocycles. The van der Waals surface area contributed by atoms with E-state index in [0.29, 0.717) is 17.0 Å². The second kappa shape index (κ2) is 5.05. The van der Waals surface area contributed by atoms with Crippen molar-refractivity contribution in [3.63, 3.8) is 0 Å². The van der Waals surface area contributed by atoms with Crippen LogP contribution < -0.4 is 0 Å². The lowest BCUT2D eigenvalue weighted by atomic mass is 9.84. The lowest BCUT2D eigenvalue weighted by Gasteiger charge is -2.34. The molecule has 1 aliphatic rings. The number of carbonyl (C=O) groups is 1. The number of hydrogen-bond acceptors (Lipinski definition) is 2. The maximum atomic E-state index is 12.2. The average molecular weight is 253 g/mol. The lowest BCUT2D eigenvalue weighted by Crippen LogP contribution is -2.38. The van der Waals surface area contributed by atoms with Gasteiger partial charge in [0.25, 0.3) is 5.91 Å². The molecule has 3 nitrogen and oxygen atoms in total. The number of pyridine rings is 1. The van der Waals surface area contributed by atoms with E-state index in [-0.39, 0.29) is 5.91 Å². The van der Waals surface area contributed by atoms with Gasteiger partial charge in [-0.1, -0.05) is 6.07 Å². The van der Waals surface area contributed by atoms with E-state index in [1.807, 2.05) is 26.1 Å². The highest BCUT2D eigenvalue weighted by atomic mass is 35.5. The number of aryl methyl sites for hydroxylation is 1. The number of amides is 1. The molecule has 0 aliphatic heterocycles. The fraction of sp³-hybridized carbons (Fsp3) is 0.538. The van der Waals surface area contributed by atoms with Crippen LogP contribution in [-0.4, -0.2) is 34.8 Å². The highest BCUT2D eigenvalue weighted by Crippen LogP contribution is 2.32. The molecule has 2 rings (SSSR count). The van der Waals surface area contributed by atoms with Crippen LogP contribution in [-0.2, 0) is 0 Å². The van der Waals surface area contributed by atoms with E-state index in [1.165, 1.54) is 0 Å². The second-order valence-electron chi connectivity index (χ2n) is 4.79. The minimum atomic E-state index is 0.00104. The first-order valence-corrected chi connectivity index (χ1v) is 6.32. The van der Waals surface area contributed by atoms with E-state index in [4.69, 9.17) is 11.6 Å². The Morgan fingerprint density at radius 1 is 1.59 bits per heavy atom. The summed E-state index contributed by atoms with van der Waals surface area (Å²) >= 11 is 5.93. The van der Waals surface area contributed by atoms with Gasteiger partial charge in [0.2, 0.25) is 0 Å². The largest absolute Gasteiger partial charge is 0.340 e. The van der Waals surface area contributed by atoms with Crippen molar-refractivity contribution >= 4 is 17.5 Å². The van der Waals surface area contributed by atoms with Crippen LogP contribution in [0.25, 0.3) is 0 Å². The van der Waals surface area contributed by atoms with Crippen LogP contribution in [0.1, 0.15) is 28.9 Å². The molecule has 1 fully saturated rings. The molecule has 0 N–H and O–H groups in total. The van der Waals surface area contributed by atoms with Crippen LogP contribution in [0.2, 0.25) is 0 Å². The van der Waals surface area contributed by atoms with Crippen LogP contribution in [0.3, 0.4) is 0 Å². The van der Waals surface area contributed by atoms with Crippen molar-refractivity contribution in [2.45, 2.75) is 25.1 Å². The molecule has 1 aromatic rings. The summed E-state index contributed by atoms with van der Waals surface area (Å²) in [6.45, 7) is 2.68. The van der Waals surface area contributed by atoms with Gasteiger partial charge in [0.1, 0.15) is 5.69 Å². The summed E-state index contributed by atoms with van der Waals surface area (Å²) in [4.78, 5) is 18.1. The molecule has 1 heterocycles. The minimum absolute atomic E-state index is 0.00104. The van der Waals surface area contributed by atoms with E-state index in [1.54, 1.807) is 11.1 Å². The number of halogens is 1. The van der Waals surface area contributed by atoms with E-state index in [0.717, 1.165) is 24.9 Å². The van der Waals surface area contributed by atoms with E-state index in [2.05, 4.69) is 4.98 Å². The molecule has 1 aliphatic carbocycles. The Morgan fingerprint density at radius 3 is 2.88 bits per heavy atom. The first kappa shape index (κ1) is 12.4. The first-order chi connectivity index (χ1) is 8.08. The average Bonchev–Trinajstić information content (AvgIpc) is 2.26. The molecule has 92 valence electrons. The van der Waals surface area contributed by atoms with Crippen LogP contribution in [0, 0.1) is 12.8 Å². The van der Waals surface area contributed by atoms with Crippen molar-refractivity contribution in [1.29, 1.82) is 0 Å². The zero-order valence-electron chi connectivity index (χ0n) is 10.2. The fourth-order valence-corrected chi connectivity index (χ4v) is 2.67. The number of aromatic nitrogens is 1. The first-order valence-electron chi connectivity index (χ1n) is 5.89. The quantitative estimate of drug-likeness (QED) is 0.775. The van der Waals surface area contributed by atoms with E-state index < -0.39 is 0 Å². The van der Waals surface area contributed by atoms with Gasteiger partial charge >= 0.3 is 0 Å². The predicted octanol–water partition coefficient (Wildman–Crippen LogP) is 2.48. The highest BCUT2D eigenvalue weighted by molar-refractivity contribution is 6.21. The Hall–Kier alpha value is -1.09. The SMILES string of the molecule is Cc1cccnc1C(=O)N(C)CC1CC(Cl)C1. The number of hydrogen-bond donors (Lipinski definition) is 0. The molecule has 1 saturated carbocycles. The van der Waals surface area contributed by atoms with Crippen LogP contribution in [0.4, 0.5) is 0 Å². The number of nitrogens with zero attached hydrogens (tertiary/aromatic N) is 2. The molecular weight excluding hydrogens is 236 g/mol. The van der Waals surface area contributed by atoms with Crippen molar-refractivity contribution in [2.24, 2.45) is 5.92 Å². The molecule has 0 atom stereocenters. The monoisotopic (exact) mass is 252 g/mol. The molecule has 0 aromatic carbocycles. The topological polar surface area (TPSA) is 33.2 Å². The summed E-state index contributed by atoms with van der Waals surface area (Å²) in [6, 6.07) is 3.75. The Labute approximate surface area is 107 Å². The molecule has 0 saturated heterocycles. The van der Waals surface area contributed by atoms with Crippen molar-refractivity contribution in [3.05, 3.63) is 29.6 Å². The van der Waals surface area contributed by atoms with Gasteiger partial charge in [0.05, 0.1) is 0 Å². The Bertz CT molecular complexity index is 416. The molecule has 0 spiro atoms. The van der Waals surface area contributed by atoms with Crippen molar-refractivity contribution in [2.75, 3.05) is 13.6 Å². The summed E-state index contributed by atoms with van der Waals surface area (Å²) in [5.74, 6) is 0.552. The van der Waals surface area contributed by atoms with Crippen LogP contribution in [0.15, 0.2) is 18.3 Å². The Balaban J connectivity index is 1.97. The van der Waals surface area contributed by atoms with Gasteiger partial charge in [-0.2, -0.15) is 0 Å². The Kier molecular flexibility index (Phi) is 3.67. The molecular formula is C13H17ClN2O. The number of carbonyl (C=O) groups excluding carboxylic acids is 1. The normalized spacial score (nSPS) is 23.0. The maximum absolute atomic E-state index is 12.2. The third-order valence-electron chi connectivity index (χ3n) is 3.27. The van der Waals surface area contributed by atoms with Crippen molar-refractivity contribution in [1.82, 2.24) is 9.88 Å². The third kappa shape index (κ3) is 2.78. The van der Waals surface area contributed by atoms with Gasteiger partial charge in [0.15, 0.2) is 0 Å². The van der Waals surface area contributed by atoms with E-state index >= 15 is 0 Å². The van der Waals surface area contributed by atoms with Crippen LogP contribution in [0.5, 0.6) is 0 Å². The minimum Gasteiger partial charge on any atom is -0.340 e. The summed E-state index contributed by atoms with van der Waals surface area (Å²) in [7, 11) is 1.83. The van der Waals surface area contributed by atoms with Gasteiger partial charge in [-0.3, -0.25) is 9.78 Å². The zero-order valence-corrected chi connectivity index (χ0v) is 10.9. The maximum Gasteiger partial charge on any atom is 0.272 e. The van der Waals surface area contributed by atoms with Gasteiger partial charge in [-0.25, -0.2) is 0 Å². The fourth-order valence-electron chi connectivity index (χ4n) is 2.16.